The molecule has 1 aliphatic heterocycles. The molecule has 0 aliphatic carbocycles. The zero-order valence-electron chi connectivity index (χ0n) is 16.2. The van der Waals surface area contributed by atoms with Crippen LogP contribution in [-0.2, 0) is 19.6 Å². The quantitative estimate of drug-likeness (QED) is 0.756. The fourth-order valence-corrected chi connectivity index (χ4v) is 4.74. The summed E-state index contributed by atoms with van der Waals surface area (Å²) in [5.41, 5.74) is 1.03. The molecule has 1 heterocycles. The van der Waals surface area contributed by atoms with Gasteiger partial charge in [0, 0.05) is 24.9 Å². The van der Waals surface area contributed by atoms with Gasteiger partial charge in [0.2, 0.25) is 15.9 Å². The molecule has 1 fully saturated rings. The van der Waals surface area contributed by atoms with Gasteiger partial charge in [-0.2, -0.15) is 4.31 Å². The van der Waals surface area contributed by atoms with Crippen LogP contribution in [0.5, 0.6) is 0 Å². The normalized spacial score (nSPS) is 20.7. The molecule has 0 aromatic heterocycles. The van der Waals surface area contributed by atoms with Crippen LogP contribution in [-0.4, -0.2) is 43.9 Å². The van der Waals surface area contributed by atoms with Crippen molar-refractivity contribution >= 4 is 27.7 Å². The minimum atomic E-state index is -3.63. The highest BCUT2D eigenvalue weighted by molar-refractivity contribution is 7.89. The van der Waals surface area contributed by atoms with Gasteiger partial charge < -0.3 is 10.1 Å². The molecule has 1 saturated heterocycles. The molecule has 154 valence electrons. The van der Waals surface area contributed by atoms with E-state index in [9.17, 15) is 17.6 Å². The van der Waals surface area contributed by atoms with Crippen LogP contribution in [0.2, 0.25) is 0 Å². The number of nitrogens with zero attached hydrogens (tertiary/aromatic N) is 1. The van der Waals surface area contributed by atoms with Crippen molar-refractivity contribution in [3.05, 3.63) is 66.0 Å². The maximum atomic E-state index is 13.2. The number of ether oxygens (including phenoxy) is 1. The molecule has 29 heavy (non-hydrogen) atoms. The van der Waals surface area contributed by atoms with Crippen molar-refractivity contribution in [2.75, 3.05) is 18.4 Å². The Morgan fingerprint density at radius 1 is 1.14 bits per heavy atom. The van der Waals surface area contributed by atoms with Crippen molar-refractivity contribution in [3.8, 4) is 0 Å². The van der Waals surface area contributed by atoms with Gasteiger partial charge in [-0.15, -0.1) is 0 Å². The number of carbonyl (C=O) groups excluding carboxylic acids is 1. The van der Waals surface area contributed by atoms with Gasteiger partial charge in [-0.25, -0.2) is 12.8 Å². The number of anilines is 1. The third kappa shape index (κ3) is 5.50. The van der Waals surface area contributed by atoms with E-state index < -0.39 is 15.9 Å². The summed E-state index contributed by atoms with van der Waals surface area (Å²) in [6, 6.07) is 11.9. The molecule has 3 rings (SSSR count). The van der Waals surface area contributed by atoms with Gasteiger partial charge in [0.05, 0.1) is 17.1 Å². The van der Waals surface area contributed by atoms with Gasteiger partial charge in [0.25, 0.3) is 0 Å². The van der Waals surface area contributed by atoms with Crippen LogP contribution in [0.1, 0.15) is 19.4 Å². The van der Waals surface area contributed by atoms with Crippen LogP contribution in [0.25, 0.3) is 6.08 Å². The lowest BCUT2D eigenvalue weighted by Crippen LogP contribution is -2.48. The maximum Gasteiger partial charge on any atom is 0.248 e. The van der Waals surface area contributed by atoms with Crippen LogP contribution >= 0.6 is 0 Å². The lowest BCUT2D eigenvalue weighted by molar-refractivity contribution is -0.111. The molecule has 1 N–H and O–H groups in total. The Morgan fingerprint density at radius 3 is 2.41 bits per heavy atom. The van der Waals surface area contributed by atoms with E-state index >= 15 is 0 Å². The summed E-state index contributed by atoms with van der Waals surface area (Å²) in [5.74, 6) is -0.783. The van der Waals surface area contributed by atoms with Crippen molar-refractivity contribution < 1.29 is 22.3 Å². The number of amides is 1. The van der Waals surface area contributed by atoms with Gasteiger partial charge in [-0.1, -0.05) is 12.1 Å². The molecule has 2 aromatic rings. The van der Waals surface area contributed by atoms with Crippen molar-refractivity contribution in [2.24, 2.45) is 0 Å². The number of hydrogen-bond donors (Lipinski definition) is 1. The highest BCUT2D eigenvalue weighted by Crippen LogP contribution is 2.22. The SMILES string of the molecule is CC1CN(S(=O)(=O)c2ccc(NC(=O)/C=C/c3cccc(F)c3)cc2)CC(C)O1. The van der Waals surface area contributed by atoms with Crippen molar-refractivity contribution in [2.45, 2.75) is 31.0 Å². The lowest BCUT2D eigenvalue weighted by Gasteiger charge is -2.34. The molecule has 0 spiro atoms. The second-order valence-electron chi connectivity index (χ2n) is 6.98. The van der Waals surface area contributed by atoms with Crippen LogP contribution in [0, 0.1) is 5.82 Å². The van der Waals surface area contributed by atoms with E-state index in [2.05, 4.69) is 5.32 Å². The predicted octanol–water partition coefficient (Wildman–Crippen LogP) is 3.28. The topological polar surface area (TPSA) is 75.7 Å². The first kappa shape index (κ1) is 21.2. The Labute approximate surface area is 170 Å². The largest absolute Gasteiger partial charge is 0.373 e. The molecule has 2 unspecified atom stereocenters. The first-order chi connectivity index (χ1) is 13.7. The number of nitrogens with one attached hydrogen (secondary N) is 1. The Morgan fingerprint density at radius 2 is 1.79 bits per heavy atom. The molecule has 0 bridgehead atoms. The maximum absolute atomic E-state index is 13.2. The van der Waals surface area contributed by atoms with Gasteiger partial charge in [0.1, 0.15) is 5.82 Å². The Kier molecular flexibility index (Phi) is 6.46. The third-order valence-electron chi connectivity index (χ3n) is 4.42. The summed E-state index contributed by atoms with van der Waals surface area (Å²) in [6.45, 7) is 4.29. The summed E-state index contributed by atoms with van der Waals surface area (Å²) >= 11 is 0. The van der Waals surface area contributed by atoms with Crippen molar-refractivity contribution in [1.29, 1.82) is 0 Å². The fraction of sp³-hybridized carbons (Fsp3) is 0.286. The number of morpholine rings is 1. The summed E-state index contributed by atoms with van der Waals surface area (Å²) in [7, 11) is -3.63. The molecule has 1 aliphatic rings. The summed E-state index contributed by atoms with van der Waals surface area (Å²) in [4.78, 5) is 12.2. The Balaban J connectivity index is 1.66. The molecular formula is C21H23FN2O4S. The van der Waals surface area contributed by atoms with E-state index in [4.69, 9.17) is 4.74 Å². The number of carbonyl (C=O) groups is 1. The number of hydrogen-bond acceptors (Lipinski definition) is 4. The van der Waals surface area contributed by atoms with Gasteiger partial charge in [-0.05, 0) is 61.9 Å². The average Bonchev–Trinajstić information content (AvgIpc) is 2.66. The second kappa shape index (κ2) is 8.86. The minimum absolute atomic E-state index is 0.159. The Bertz CT molecular complexity index is 996. The predicted molar refractivity (Wildman–Crippen MR) is 109 cm³/mol. The van der Waals surface area contributed by atoms with Crippen molar-refractivity contribution in [1.82, 2.24) is 4.31 Å². The van der Waals surface area contributed by atoms with E-state index in [0.717, 1.165) is 0 Å². The summed E-state index contributed by atoms with van der Waals surface area (Å²) in [5, 5.41) is 2.65. The number of benzene rings is 2. The monoisotopic (exact) mass is 418 g/mol. The number of sulfonamides is 1. The van der Waals surface area contributed by atoms with E-state index in [0.29, 0.717) is 24.3 Å². The van der Waals surface area contributed by atoms with Crippen LogP contribution in [0.15, 0.2) is 59.5 Å². The highest BCUT2D eigenvalue weighted by atomic mass is 32.2. The van der Waals surface area contributed by atoms with E-state index in [1.54, 1.807) is 12.1 Å². The first-order valence-corrected chi connectivity index (χ1v) is 10.7. The summed E-state index contributed by atoms with van der Waals surface area (Å²) < 4.78 is 45.8. The van der Waals surface area contributed by atoms with Gasteiger partial charge in [0.15, 0.2) is 0 Å². The zero-order valence-corrected chi connectivity index (χ0v) is 17.0. The van der Waals surface area contributed by atoms with Crippen LogP contribution in [0.3, 0.4) is 0 Å². The summed E-state index contributed by atoms with van der Waals surface area (Å²) in [6.07, 6.45) is 2.45. The molecule has 0 saturated carbocycles. The van der Waals surface area contributed by atoms with E-state index in [1.165, 1.54) is 52.9 Å². The van der Waals surface area contributed by atoms with Gasteiger partial charge in [-0.3, -0.25) is 4.79 Å². The number of halogens is 1. The van der Waals surface area contributed by atoms with Gasteiger partial charge >= 0.3 is 0 Å². The fourth-order valence-electron chi connectivity index (χ4n) is 3.15. The lowest BCUT2D eigenvalue weighted by atomic mass is 10.2. The standard InChI is InChI=1S/C21H23FN2O4S/c1-15-13-24(14-16(2)28-15)29(26,27)20-9-7-19(8-10-20)23-21(25)11-6-17-4-3-5-18(22)12-17/h3-12,15-16H,13-14H2,1-2H3,(H,23,25)/b11-6+. The van der Waals surface area contributed by atoms with Crippen LogP contribution in [0.4, 0.5) is 10.1 Å². The van der Waals surface area contributed by atoms with E-state index in [1.807, 2.05) is 13.8 Å². The third-order valence-corrected chi connectivity index (χ3v) is 6.27. The molecular weight excluding hydrogens is 395 g/mol. The Hall–Kier alpha value is -2.55. The highest BCUT2D eigenvalue weighted by Gasteiger charge is 2.32. The van der Waals surface area contributed by atoms with Crippen molar-refractivity contribution in [3.63, 3.8) is 0 Å². The molecule has 2 atom stereocenters. The first-order valence-electron chi connectivity index (χ1n) is 9.24. The molecule has 1 amide bonds. The molecule has 8 heteroatoms. The molecule has 6 nitrogen and oxygen atoms in total. The smallest absolute Gasteiger partial charge is 0.248 e. The zero-order chi connectivity index (χ0) is 21.0. The minimum Gasteiger partial charge on any atom is -0.373 e. The average molecular weight is 418 g/mol. The second-order valence-corrected chi connectivity index (χ2v) is 8.92. The number of rotatable bonds is 5. The van der Waals surface area contributed by atoms with Crippen LogP contribution < -0.4 is 5.32 Å². The molecule has 0 radical (unpaired) electrons. The van der Waals surface area contributed by atoms with E-state index in [-0.39, 0.29) is 22.9 Å². The molecule has 2 aromatic carbocycles.